The smallest absolute Gasteiger partial charge is 0.337 e. The molecule has 6 heteroatoms. The van der Waals surface area contributed by atoms with E-state index >= 15 is 0 Å². The highest BCUT2D eigenvalue weighted by Crippen LogP contribution is 1.85. The van der Waals surface area contributed by atoms with E-state index in [1.54, 1.807) is 0 Å². The van der Waals surface area contributed by atoms with Gasteiger partial charge in [-0.1, -0.05) is 0 Å². The lowest BCUT2D eigenvalue weighted by molar-refractivity contribution is -0.121. The molecule has 0 aromatic carbocycles. The van der Waals surface area contributed by atoms with Gasteiger partial charge in [0.1, 0.15) is 0 Å². The van der Waals surface area contributed by atoms with Crippen molar-refractivity contribution in [1.82, 2.24) is 5.32 Å². The zero-order valence-corrected chi connectivity index (χ0v) is 7.19. The fourth-order valence-corrected chi connectivity index (χ4v) is 0.634. The quantitative estimate of drug-likeness (QED) is 0.482. The zero-order chi connectivity index (χ0) is 10.1. The molecule has 4 N–H and O–H groups in total. The summed E-state index contributed by atoms with van der Waals surface area (Å²) in [5, 5.41) is 10.8. The van der Waals surface area contributed by atoms with Gasteiger partial charge in [-0.2, -0.15) is 0 Å². The molecule has 0 saturated heterocycles. The summed E-state index contributed by atoms with van der Waals surface area (Å²) in [6.07, 6.45) is 1.89. The third-order valence-electron chi connectivity index (χ3n) is 1.15. The number of primary amides is 1. The molecule has 0 rings (SSSR count). The van der Waals surface area contributed by atoms with Crippen molar-refractivity contribution in [3.05, 3.63) is 0 Å². The summed E-state index contributed by atoms with van der Waals surface area (Å²) < 4.78 is 0. The molecule has 0 aliphatic carbocycles. The van der Waals surface area contributed by atoms with Gasteiger partial charge in [-0.05, 0) is 6.42 Å². The minimum atomic E-state index is -0.768. The Morgan fingerprint density at radius 1 is 1.54 bits per heavy atom. The molecule has 0 aromatic heterocycles. The van der Waals surface area contributed by atoms with Crippen molar-refractivity contribution in [2.24, 2.45) is 10.7 Å². The number of hydrogen-bond acceptors (Lipinski definition) is 3. The maximum Gasteiger partial charge on any atom is 0.337 e. The average Bonchev–Trinajstić information content (AvgIpc) is 2.08. The maximum atomic E-state index is 10.8. The van der Waals surface area contributed by atoms with Gasteiger partial charge < -0.3 is 16.2 Å². The molecule has 0 bridgehead atoms. The van der Waals surface area contributed by atoms with Gasteiger partial charge >= 0.3 is 6.03 Å². The third kappa shape index (κ3) is 8.48. The van der Waals surface area contributed by atoms with Crippen molar-refractivity contribution in [1.29, 1.82) is 0 Å². The normalized spacial score (nSPS) is 10.2. The number of carbonyl (C=O) groups excluding carboxylic acids is 2. The number of aliphatic hydroxyl groups excluding tert-OH is 1. The predicted octanol–water partition coefficient (Wildman–Crippen LogP) is -0.975. The number of aliphatic imine (C=N–C) groups is 1. The molecule has 0 atom stereocenters. The topological polar surface area (TPSA) is 105 Å². The Hall–Kier alpha value is -1.43. The number of amides is 3. The fraction of sp³-hybridized carbons (Fsp3) is 0.571. The van der Waals surface area contributed by atoms with Crippen molar-refractivity contribution < 1.29 is 14.7 Å². The molecule has 0 heterocycles. The van der Waals surface area contributed by atoms with E-state index in [0.29, 0.717) is 6.42 Å². The van der Waals surface area contributed by atoms with Gasteiger partial charge in [-0.15, -0.1) is 0 Å². The molecule has 0 fully saturated rings. The minimum absolute atomic E-state index is 0.0822. The SMILES string of the molecule is NC(=O)N=CCCC(=O)NCCO. The summed E-state index contributed by atoms with van der Waals surface area (Å²) in [6.45, 7) is 0.160. The van der Waals surface area contributed by atoms with E-state index in [1.165, 1.54) is 6.21 Å². The van der Waals surface area contributed by atoms with Crippen LogP contribution in [0.3, 0.4) is 0 Å². The molecule has 13 heavy (non-hydrogen) atoms. The molecular weight excluding hydrogens is 174 g/mol. The van der Waals surface area contributed by atoms with Gasteiger partial charge in [0.15, 0.2) is 0 Å². The second kappa shape index (κ2) is 7.23. The van der Waals surface area contributed by atoms with Crippen LogP contribution in [0, 0.1) is 0 Å². The highest BCUT2D eigenvalue weighted by molar-refractivity contribution is 5.84. The largest absolute Gasteiger partial charge is 0.395 e. The Balaban J connectivity index is 3.42. The minimum Gasteiger partial charge on any atom is -0.395 e. The highest BCUT2D eigenvalue weighted by atomic mass is 16.3. The summed E-state index contributed by atoms with van der Waals surface area (Å²) in [7, 11) is 0. The van der Waals surface area contributed by atoms with Gasteiger partial charge in [0, 0.05) is 19.2 Å². The lowest BCUT2D eigenvalue weighted by Crippen LogP contribution is -2.26. The van der Waals surface area contributed by atoms with Crippen molar-refractivity contribution >= 4 is 18.2 Å². The number of nitrogens with one attached hydrogen (secondary N) is 1. The van der Waals surface area contributed by atoms with Crippen molar-refractivity contribution in [2.45, 2.75) is 12.8 Å². The number of rotatable bonds is 5. The molecule has 0 aromatic rings. The second-order valence-electron chi connectivity index (χ2n) is 2.26. The molecule has 74 valence electrons. The van der Waals surface area contributed by atoms with Crippen LogP contribution in [0.2, 0.25) is 0 Å². The molecular formula is C7H13N3O3. The first kappa shape index (κ1) is 11.6. The summed E-state index contributed by atoms with van der Waals surface area (Å²) in [5.74, 6) is -0.190. The van der Waals surface area contributed by atoms with E-state index in [0.717, 1.165) is 0 Å². The Kier molecular flexibility index (Phi) is 6.44. The van der Waals surface area contributed by atoms with E-state index in [4.69, 9.17) is 10.8 Å². The maximum absolute atomic E-state index is 10.8. The molecule has 0 spiro atoms. The van der Waals surface area contributed by atoms with Gasteiger partial charge in [0.2, 0.25) is 5.91 Å². The fourth-order valence-electron chi connectivity index (χ4n) is 0.634. The Bertz CT molecular complexity index is 203. The van der Waals surface area contributed by atoms with E-state index in [2.05, 4.69) is 10.3 Å². The second-order valence-corrected chi connectivity index (χ2v) is 2.26. The first-order valence-corrected chi connectivity index (χ1v) is 3.86. The summed E-state index contributed by atoms with van der Waals surface area (Å²) in [4.78, 5) is 24.2. The third-order valence-corrected chi connectivity index (χ3v) is 1.15. The zero-order valence-electron chi connectivity index (χ0n) is 7.19. The Morgan fingerprint density at radius 2 is 2.23 bits per heavy atom. The molecule has 0 saturated carbocycles. The molecule has 6 nitrogen and oxygen atoms in total. The number of hydrogen-bond donors (Lipinski definition) is 3. The number of urea groups is 1. The van der Waals surface area contributed by atoms with Crippen LogP contribution >= 0.6 is 0 Å². The van der Waals surface area contributed by atoms with Crippen LogP contribution in [0.5, 0.6) is 0 Å². The van der Waals surface area contributed by atoms with Crippen molar-refractivity contribution in [2.75, 3.05) is 13.2 Å². The standard InChI is InChI=1S/C7H13N3O3/c8-7(13)10-3-1-2-6(12)9-4-5-11/h3,11H,1-2,4-5H2,(H2,8,13)(H,9,12). The average molecular weight is 187 g/mol. The van der Waals surface area contributed by atoms with Crippen LogP contribution in [0.15, 0.2) is 4.99 Å². The lowest BCUT2D eigenvalue weighted by Gasteiger charge is -1.99. The first-order valence-electron chi connectivity index (χ1n) is 3.86. The highest BCUT2D eigenvalue weighted by Gasteiger charge is 1.97. The number of aliphatic hydroxyl groups is 1. The Labute approximate surface area is 75.8 Å². The summed E-state index contributed by atoms with van der Waals surface area (Å²) in [5.41, 5.74) is 4.72. The van der Waals surface area contributed by atoms with Crippen LogP contribution in [0.4, 0.5) is 4.79 Å². The van der Waals surface area contributed by atoms with Gasteiger partial charge in [-0.25, -0.2) is 9.79 Å². The molecule has 0 aliphatic rings. The predicted molar refractivity (Wildman–Crippen MR) is 47.4 cm³/mol. The molecule has 0 unspecified atom stereocenters. The van der Waals surface area contributed by atoms with Crippen LogP contribution < -0.4 is 11.1 Å². The van der Waals surface area contributed by atoms with Crippen LogP contribution in [-0.4, -0.2) is 36.4 Å². The van der Waals surface area contributed by atoms with Gasteiger partial charge in [0.05, 0.1) is 6.61 Å². The van der Waals surface area contributed by atoms with E-state index < -0.39 is 6.03 Å². The van der Waals surface area contributed by atoms with E-state index in [1.807, 2.05) is 0 Å². The number of nitrogens with two attached hydrogens (primary N) is 1. The van der Waals surface area contributed by atoms with E-state index in [-0.39, 0.29) is 25.5 Å². The molecule has 0 radical (unpaired) electrons. The van der Waals surface area contributed by atoms with Gasteiger partial charge in [0.25, 0.3) is 0 Å². The Morgan fingerprint density at radius 3 is 2.77 bits per heavy atom. The lowest BCUT2D eigenvalue weighted by atomic mass is 10.3. The summed E-state index contributed by atoms with van der Waals surface area (Å²) >= 11 is 0. The van der Waals surface area contributed by atoms with Crippen molar-refractivity contribution in [3.63, 3.8) is 0 Å². The van der Waals surface area contributed by atoms with Crippen LogP contribution in [0.25, 0.3) is 0 Å². The van der Waals surface area contributed by atoms with Crippen LogP contribution in [-0.2, 0) is 4.79 Å². The van der Waals surface area contributed by atoms with Crippen molar-refractivity contribution in [3.8, 4) is 0 Å². The first-order chi connectivity index (χ1) is 6.16. The number of nitrogens with zero attached hydrogens (tertiary/aromatic N) is 1. The number of carbonyl (C=O) groups is 2. The molecule has 3 amide bonds. The van der Waals surface area contributed by atoms with Gasteiger partial charge in [-0.3, -0.25) is 4.79 Å². The van der Waals surface area contributed by atoms with Crippen LogP contribution in [0.1, 0.15) is 12.8 Å². The molecule has 0 aliphatic heterocycles. The monoisotopic (exact) mass is 187 g/mol. The van der Waals surface area contributed by atoms with E-state index in [9.17, 15) is 9.59 Å². The summed E-state index contributed by atoms with van der Waals surface area (Å²) in [6, 6.07) is -0.768.